The predicted octanol–water partition coefficient (Wildman–Crippen LogP) is 3.72. The van der Waals surface area contributed by atoms with Crippen molar-refractivity contribution in [2.24, 2.45) is 5.92 Å². The molecule has 0 radical (unpaired) electrons. The highest BCUT2D eigenvalue weighted by atomic mass is 35.5. The molecule has 1 aliphatic heterocycles. The Labute approximate surface area is 122 Å². The maximum absolute atomic E-state index is 12.4. The number of hydrogen-bond acceptors (Lipinski definition) is 2. The highest BCUT2D eigenvalue weighted by Crippen LogP contribution is 2.30. The van der Waals surface area contributed by atoms with E-state index in [0.717, 1.165) is 6.42 Å². The third-order valence-electron chi connectivity index (χ3n) is 3.39. The van der Waals surface area contributed by atoms with Crippen LogP contribution in [0.2, 0.25) is 10.0 Å². The van der Waals surface area contributed by atoms with Crippen LogP contribution in [0, 0.1) is 5.92 Å². The number of amides is 1. The number of carbonyl (C=O) groups is 2. The summed E-state index contributed by atoms with van der Waals surface area (Å²) in [7, 11) is 0. The molecule has 0 saturated carbocycles. The molecule has 1 heterocycles. The Kier molecular flexibility index (Phi) is 4.48. The predicted molar refractivity (Wildman–Crippen MR) is 76.8 cm³/mol. The molecule has 102 valence electrons. The molecule has 0 aliphatic carbocycles. The zero-order valence-corrected chi connectivity index (χ0v) is 12.2. The van der Waals surface area contributed by atoms with Gasteiger partial charge in [-0.1, -0.05) is 30.1 Å². The SMILES string of the molecule is CCC(=O)[C@H]1CCCN(c2ccc(Cl)c(Cl)c2)C1=O. The first kappa shape index (κ1) is 14.4. The van der Waals surface area contributed by atoms with Gasteiger partial charge < -0.3 is 4.90 Å². The first-order valence-corrected chi connectivity index (χ1v) is 7.09. The largest absolute Gasteiger partial charge is 0.312 e. The van der Waals surface area contributed by atoms with Gasteiger partial charge in [0.15, 0.2) is 0 Å². The van der Waals surface area contributed by atoms with Crippen molar-refractivity contribution in [3.8, 4) is 0 Å². The van der Waals surface area contributed by atoms with E-state index in [1.54, 1.807) is 30.0 Å². The number of Topliss-reactive ketones (excluding diaryl/α,β-unsaturated/α-hetero) is 1. The van der Waals surface area contributed by atoms with Crippen molar-refractivity contribution in [2.45, 2.75) is 26.2 Å². The molecule has 1 amide bonds. The molecule has 1 aromatic carbocycles. The lowest BCUT2D eigenvalue weighted by Crippen LogP contribution is -2.44. The molecule has 19 heavy (non-hydrogen) atoms. The van der Waals surface area contributed by atoms with E-state index in [1.807, 2.05) is 0 Å². The molecule has 2 rings (SSSR count). The third-order valence-corrected chi connectivity index (χ3v) is 4.13. The molecule has 1 atom stereocenters. The summed E-state index contributed by atoms with van der Waals surface area (Å²) in [5, 5.41) is 0.868. The van der Waals surface area contributed by atoms with Crippen molar-refractivity contribution in [3.05, 3.63) is 28.2 Å². The van der Waals surface area contributed by atoms with E-state index in [4.69, 9.17) is 23.2 Å². The summed E-state index contributed by atoms with van der Waals surface area (Å²) in [6.07, 6.45) is 1.86. The smallest absolute Gasteiger partial charge is 0.237 e. The summed E-state index contributed by atoms with van der Waals surface area (Å²) in [4.78, 5) is 25.8. The Bertz CT molecular complexity index is 516. The zero-order valence-electron chi connectivity index (χ0n) is 10.7. The normalized spacial score (nSPS) is 19.6. The van der Waals surface area contributed by atoms with E-state index >= 15 is 0 Å². The number of anilines is 1. The van der Waals surface area contributed by atoms with Crippen LogP contribution >= 0.6 is 23.2 Å². The van der Waals surface area contributed by atoms with Crippen LogP contribution in [0.4, 0.5) is 5.69 Å². The topological polar surface area (TPSA) is 37.4 Å². The fraction of sp³-hybridized carbons (Fsp3) is 0.429. The molecule has 1 aliphatic rings. The van der Waals surface area contributed by atoms with Crippen LogP contribution in [-0.2, 0) is 9.59 Å². The number of halogens is 2. The van der Waals surface area contributed by atoms with Crippen LogP contribution in [0.3, 0.4) is 0 Å². The average molecular weight is 300 g/mol. The number of rotatable bonds is 3. The van der Waals surface area contributed by atoms with Gasteiger partial charge in [0.2, 0.25) is 5.91 Å². The second kappa shape index (κ2) is 5.93. The molecule has 0 bridgehead atoms. The highest BCUT2D eigenvalue weighted by Gasteiger charge is 2.33. The van der Waals surface area contributed by atoms with Crippen molar-refractivity contribution < 1.29 is 9.59 Å². The Hall–Kier alpha value is -1.06. The van der Waals surface area contributed by atoms with E-state index in [0.29, 0.717) is 35.1 Å². The molecule has 0 unspecified atom stereocenters. The van der Waals surface area contributed by atoms with Gasteiger partial charge in [-0.3, -0.25) is 9.59 Å². The van der Waals surface area contributed by atoms with Gasteiger partial charge in [0.25, 0.3) is 0 Å². The first-order chi connectivity index (χ1) is 9.04. The lowest BCUT2D eigenvalue weighted by atomic mass is 9.91. The highest BCUT2D eigenvalue weighted by molar-refractivity contribution is 6.42. The molecular weight excluding hydrogens is 285 g/mol. The minimum absolute atomic E-state index is 0.00904. The van der Waals surface area contributed by atoms with Crippen LogP contribution in [0.15, 0.2) is 18.2 Å². The number of ketones is 1. The second-order valence-electron chi connectivity index (χ2n) is 4.60. The van der Waals surface area contributed by atoms with Gasteiger partial charge in [0.05, 0.1) is 16.0 Å². The summed E-state index contributed by atoms with van der Waals surface area (Å²) < 4.78 is 0. The number of piperidine rings is 1. The molecule has 5 heteroatoms. The molecule has 1 saturated heterocycles. The Morgan fingerprint density at radius 3 is 2.74 bits per heavy atom. The van der Waals surface area contributed by atoms with Gasteiger partial charge in [-0.15, -0.1) is 0 Å². The number of hydrogen-bond donors (Lipinski definition) is 0. The van der Waals surface area contributed by atoms with Crippen LogP contribution in [0.25, 0.3) is 0 Å². The maximum Gasteiger partial charge on any atom is 0.237 e. The fourth-order valence-corrected chi connectivity index (χ4v) is 2.62. The molecule has 1 aromatic rings. The lowest BCUT2D eigenvalue weighted by molar-refractivity contribution is -0.133. The average Bonchev–Trinajstić information content (AvgIpc) is 2.41. The van der Waals surface area contributed by atoms with Crippen LogP contribution in [0.5, 0.6) is 0 Å². The van der Waals surface area contributed by atoms with Gasteiger partial charge in [0, 0.05) is 18.7 Å². The van der Waals surface area contributed by atoms with E-state index in [9.17, 15) is 9.59 Å². The van der Waals surface area contributed by atoms with Crippen LogP contribution in [-0.4, -0.2) is 18.2 Å². The van der Waals surface area contributed by atoms with Gasteiger partial charge in [0.1, 0.15) is 5.78 Å². The molecular formula is C14H15Cl2NO2. The zero-order chi connectivity index (χ0) is 14.0. The van der Waals surface area contributed by atoms with E-state index in [-0.39, 0.29) is 11.7 Å². The summed E-state index contributed by atoms with van der Waals surface area (Å²) in [5.41, 5.74) is 0.702. The Balaban J connectivity index is 2.26. The third kappa shape index (κ3) is 2.93. The second-order valence-corrected chi connectivity index (χ2v) is 5.42. The monoisotopic (exact) mass is 299 g/mol. The van der Waals surface area contributed by atoms with Crippen molar-refractivity contribution in [1.82, 2.24) is 0 Å². The minimum atomic E-state index is -0.506. The van der Waals surface area contributed by atoms with Gasteiger partial charge >= 0.3 is 0 Å². The molecule has 0 spiro atoms. The van der Waals surface area contributed by atoms with Gasteiger partial charge in [-0.25, -0.2) is 0 Å². The van der Waals surface area contributed by atoms with Crippen molar-refractivity contribution in [3.63, 3.8) is 0 Å². The summed E-state index contributed by atoms with van der Waals surface area (Å²) in [5.74, 6) is -0.626. The molecule has 3 nitrogen and oxygen atoms in total. The maximum atomic E-state index is 12.4. The summed E-state index contributed by atoms with van der Waals surface area (Å²) >= 11 is 11.8. The van der Waals surface area contributed by atoms with Gasteiger partial charge in [-0.05, 0) is 31.0 Å². The summed E-state index contributed by atoms with van der Waals surface area (Å²) in [6, 6.07) is 5.09. The van der Waals surface area contributed by atoms with Crippen LogP contribution in [0.1, 0.15) is 26.2 Å². The summed E-state index contributed by atoms with van der Waals surface area (Å²) in [6.45, 7) is 2.40. The number of carbonyl (C=O) groups excluding carboxylic acids is 2. The molecule has 1 fully saturated rings. The van der Waals surface area contributed by atoms with Gasteiger partial charge in [-0.2, -0.15) is 0 Å². The van der Waals surface area contributed by atoms with Crippen molar-refractivity contribution >= 4 is 40.6 Å². The Morgan fingerprint density at radius 2 is 2.11 bits per heavy atom. The minimum Gasteiger partial charge on any atom is -0.312 e. The van der Waals surface area contributed by atoms with E-state index < -0.39 is 5.92 Å². The Morgan fingerprint density at radius 1 is 1.37 bits per heavy atom. The standard InChI is InChI=1S/C14H15Cl2NO2/c1-2-13(18)10-4-3-7-17(14(10)19)9-5-6-11(15)12(16)8-9/h5-6,8,10H,2-4,7H2,1H3/t10-/m1/s1. The first-order valence-electron chi connectivity index (χ1n) is 6.33. The van der Waals surface area contributed by atoms with Crippen molar-refractivity contribution in [2.75, 3.05) is 11.4 Å². The van der Waals surface area contributed by atoms with Crippen LogP contribution < -0.4 is 4.90 Å². The van der Waals surface area contributed by atoms with E-state index in [1.165, 1.54) is 0 Å². The molecule has 0 N–H and O–H groups in total. The molecule has 0 aromatic heterocycles. The lowest BCUT2D eigenvalue weighted by Gasteiger charge is -2.31. The van der Waals surface area contributed by atoms with Crippen molar-refractivity contribution in [1.29, 1.82) is 0 Å². The fourth-order valence-electron chi connectivity index (χ4n) is 2.33. The number of nitrogens with zero attached hydrogens (tertiary/aromatic N) is 1. The van der Waals surface area contributed by atoms with E-state index in [2.05, 4.69) is 0 Å². The number of benzene rings is 1. The quantitative estimate of drug-likeness (QED) is 0.798.